The van der Waals surface area contributed by atoms with Crippen molar-refractivity contribution < 1.29 is 4.39 Å². The summed E-state index contributed by atoms with van der Waals surface area (Å²) < 4.78 is 13.3. The Bertz CT molecular complexity index is 1020. The lowest BCUT2D eigenvalue weighted by atomic mass is 10.1. The van der Waals surface area contributed by atoms with Gasteiger partial charge < -0.3 is 5.32 Å². The normalized spacial score (nSPS) is 10.6. The number of aromatic nitrogens is 3. The van der Waals surface area contributed by atoms with Crippen LogP contribution in [0.1, 0.15) is 5.56 Å². The minimum Gasteiger partial charge on any atom is -0.366 e. The van der Waals surface area contributed by atoms with Crippen LogP contribution in [0.25, 0.3) is 22.6 Å². The molecule has 27 heavy (non-hydrogen) atoms. The second-order valence-corrected chi connectivity index (χ2v) is 6.04. The average molecular weight is 356 g/mol. The van der Waals surface area contributed by atoms with Crippen molar-refractivity contribution in [3.8, 4) is 22.6 Å². The molecule has 0 atom stereocenters. The van der Waals surface area contributed by atoms with Gasteiger partial charge in [-0.05, 0) is 42.0 Å². The first-order chi connectivity index (χ1) is 13.3. The highest BCUT2D eigenvalue weighted by Crippen LogP contribution is 2.25. The van der Waals surface area contributed by atoms with E-state index in [9.17, 15) is 4.39 Å². The molecule has 0 unspecified atom stereocenters. The molecule has 0 aliphatic rings. The van der Waals surface area contributed by atoms with E-state index in [-0.39, 0.29) is 5.82 Å². The number of benzene rings is 2. The fourth-order valence-electron chi connectivity index (χ4n) is 2.72. The van der Waals surface area contributed by atoms with Crippen LogP contribution in [-0.2, 0) is 6.54 Å². The van der Waals surface area contributed by atoms with Gasteiger partial charge in [-0.15, -0.1) is 0 Å². The van der Waals surface area contributed by atoms with Gasteiger partial charge in [0.05, 0.1) is 5.69 Å². The molecule has 4 aromatic rings. The Morgan fingerprint density at radius 1 is 0.778 bits per heavy atom. The van der Waals surface area contributed by atoms with Gasteiger partial charge in [0.15, 0.2) is 5.82 Å². The SMILES string of the molecule is Fc1ccc(-c2cc(NCc3ccncc3)nc(-c3ccccc3)n2)cc1. The van der Waals surface area contributed by atoms with Crippen LogP contribution < -0.4 is 5.32 Å². The Balaban J connectivity index is 1.71. The molecule has 0 saturated carbocycles. The molecule has 0 amide bonds. The van der Waals surface area contributed by atoms with Crippen LogP contribution in [-0.4, -0.2) is 15.0 Å². The average Bonchev–Trinajstić information content (AvgIpc) is 2.74. The third-order valence-electron chi connectivity index (χ3n) is 4.12. The zero-order valence-electron chi connectivity index (χ0n) is 14.5. The lowest BCUT2D eigenvalue weighted by Gasteiger charge is -2.11. The minimum absolute atomic E-state index is 0.271. The van der Waals surface area contributed by atoms with Crippen molar-refractivity contribution in [1.29, 1.82) is 0 Å². The first-order valence-electron chi connectivity index (χ1n) is 8.61. The van der Waals surface area contributed by atoms with E-state index >= 15 is 0 Å². The summed E-state index contributed by atoms with van der Waals surface area (Å²) in [5, 5.41) is 3.34. The predicted molar refractivity (Wildman–Crippen MR) is 104 cm³/mol. The van der Waals surface area contributed by atoms with Crippen LogP contribution in [0.3, 0.4) is 0 Å². The maximum absolute atomic E-state index is 13.3. The van der Waals surface area contributed by atoms with Gasteiger partial charge in [0.25, 0.3) is 0 Å². The summed E-state index contributed by atoms with van der Waals surface area (Å²) in [6.07, 6.45) is 3.52. The van der Waals surface area contributed by atoms with E-state index in [1.165, 1.54) is 12.1 Å². The number of pyridine rings is 1. The molecule has 0 aliphatic carbocycles. The van der Waals surface area contributed by atoms with E-state index in [4.69, 9.17) is 0 Å². The molecular formula is C22H17FN4. The molecule has 0 fully saturated rings. The maximum atomic E-state index is 13.3. The van der Waals surface area contributed by atoms with E-state index in [1.54, 1.807) is 24.5 Å². The summed E-state index contributed by atoms with van der Waals surface area (Å²) in [6, 6.07) is 21.9. The van der Waals surface area contributed by atoms with E-state index in [0.29, 0.717) is 18.2 Å². The predicted octanol–water partition coefficient (Wildman–Crippen LogP) is 4.96. The van der Waals surface area contributed by atoms with Gasteiger partial charge in [-0.2, -0.15) is 0 Å². The van der Waals surface area contributed by atoms with Crippen LogP contribution in [0, 0.1) is 5.82 Å². The van der Waals surface area contributed by atoms with E-state index in [2.05, 4.69) is 20.3 Å². The highest BCUT2D eigenvalue weighted by molar-refractivity contribution is 5.67. The molecule has 0 saturated heterocycles. The number of rotatable bonds is 5. The van der Waals surface area contributed by atoms with Crippen molar-refractivity contribution in [3.05, 3.63) is 96.6 Å². The third-order valence-corrected chi connectivity index (χ3v) is 4.12. The molecule has 0 spiro atoms. The number of anilines is 1. The van der Waals surface area contributed by atoms with Crippen molar-refractivity contribution in [1.82, 2.24) is 15.0 Å². The summed E-state index contributed by atoms with van der Waals surface area (Å²) in [5.41, 5.74) is 3.60. The monoisotopic (exact) mass is 356 g/mol. The van der Waals surface area contributed by atoms with Crippen LogP contribution in [0.2, 0.25) is 0 Å². The molecule has 132 valence electrons. The van der Waals surface area contributed by atoms with Gasteiger partial charge in [-0.25, -0.2) is 14.4 Å². The summed E-state index contributed by atoms with van der Waals surface area (Å²) in [5.74, 6) is 1.06. The summed E-state index contributed by atoms with van der Waals surface area (Å²) in [6.45, 7) is 0.622. The minimum atomic E-state index is -0.271. The molecule has 5 heteroatoms. The smallest absolute Gasteiger partial charge is 0.162 e. The second kappa shape index (κ2) is 7.74. The van der Waals surface area contributed by atoms with E-state index in [1.807, 2.05) is 48.5 Å². The standard InChI is InChI=1S/C22H17FN4/c23-19-8-6-17(7-9-19)20-14-21(25-15-16-10-12-24-13-11-16)27-22(26-20)18-4-2-1-3-5-18/h1-14H,15H2,(H,25,26,27). The van der Waals surface area contributed by atoms with E-state index in [0.717, 1.165) is 22.4 Å². The Morgan fingerprint density at radius 3 is 2.26 bits per heavy atom. The van der Waals surface area contributed by atoms with Crippen molar-refractivity contribution in [2.45, 2.75) is 6.54 Å². The van der Waals surface area contributed by atoms with Crippen LogP contribution in [0.5, 0.6) is 0 Å². The van der Waals surface area contributed by atoms with Crippen LogP contribution >= 0.6 is 0 Å². The van der Waals surface area contributed by atoms with Gasteiger partial charge in [0.2, 0.25) is 0 Å². The molecule has 4 rings (SSSR count). The number of halogens is 1. The molecule has 1 N–H and O–H groups in total. The first-order valence-corrected chi connectivity index (χ1v) is 8.61. The first kappa shape index (κ1) is 16.8. The van der Waals surface area contributed by atoms with Gasteiger partial charge in [0, 0.05) is 36.1 Å². The fourth-order valence-corrected chi connectivity index (χ4v) is 2.72. The Hall–Kier alpha value is -3.60. The lowest BCUT2D eigenvalue weighted by Crippen LogP contribution is -2.04. The van der Waals surface area contributed by atoms with Crippen molar-refractivity contribution in [2.24, 2.45) is 0 Å². The van der Waals surface area contributed by atoms with E-state index < -0.39 is 0 Å². The van der Waals surface area contributed by atoms with Gasteiger partial charge >= 0.3 is 0 Å². The van der Waals surface area contributed by atoms with Crippen LogP contribution in [0.4, 0.5) is 10.2 Å². The Morgan fingerprint density at radius 2 is 1.52 bits per heavy atom. The quantitative estimate of drug-likeness (QED) is 0.549. The highest BCUT2D eigenvalue weighted by Gasteiger charge is 2.09. The van der Waals surface area contributed by atoms with Crippen molar-refractivity contribution in [3.63, 3.8) is 0 Å². The third kappa shape index (κ3) is 4.15. The number of hydrogen-bond acceptors (Lipinski definition) is 4. The van der Waals surface area contributed by atoms with Crippen LogP contribution in [0.15, 0.2) is 85.2 Å². The van der Waals surface area contributed by atoms with Crippen molar-refractivity contribution in [2.75, 3.05) is 5.32 Å². The highest BCUT2D eigenvalue weighted by atomic mass is 19.1. The van der Waals surface area contributed by atoms with Crippen molar-refractivity contribution >= 4 is 5.82 Å². The molecule has 0 radical (unpaired) electrons. The fraction of sp³-hybridized carbons (Fsp3) is 0.0455. The summed E-state index contributed by atoms with van der Waals surface area (Å²) in [7, 11) is 0. The van der Waals surface area contributed by atoms with Gasteiger partial charge in [-0.3, -0.25) is 4.98 Å². The lowest BCUT2D eigenvalue weighted by molar-refractivity contribution is 0.628. The molecular weight excluding hydrogens is 339 g/mol. The Kier molecular flexibility index (Phi) is 4.83. The summed E-state index contributed by atoms with van der Waals surface area (Å²) >= 11 is 0. The molecule has 4 nitrogen and oxygen atoms in total. The maximum Gasteiger partial charge on any atom is 0.162 e. The number of nitrogens with zero attached hydrogens (tertiary/aromatic N) is 3. The molecule has 0 bridgehead atoms. The topological polar surface area (TPSA) is 50.7 Å². The molecule has 2 heterocycles. The largest absolute Gasteiger partial charge is 0.366 e. The summed E-state index contributed by atoms with van der Waals surface area (Å²) in [4.78, 5) is 13.4. The number of nitrogens with one attached hydrogen (secondary N) is 1. The Labute approximate surface area is 156 Å². The molecule has 0 aliphatic heterocycles. The van der Waals surface area contributed by atoms with Gasteiger partial charge in [-0.1, -0.05) is 30.3 Å². The zero-order chi connectivity index (χ0) is 18.5. The molecule has 2 aromatic heterocycles. The molecule has 2 aromatic carbocycles. The second-order valence-electron chi connectivity index (χ2n) is 6.04. The zero-order valence-corrected chi connectivity index (χ0v) is 14.5. The van der Waals surface area contributed by atoms with Gasteiger partial charge in [0.1, 0.15) is 11.6 Å². The number of hydrogen-bond donors (Lipinski definition) is 1.